The maximum absolute atomic E-state index is 10.7. The Morgan fingerprint density at radius 1 is 1.55 bits per heavy atom. The molecule has 0 aliphatic carbocycles. The molecule has 0 aromatic carbocycles. The van der Waals surface area contributed by atoms with E-state index in [-0.39, 0.29) is 18.6 Å². The first-order valence-corrected chi connectivity index (χ1v) is 5.11. The molecule has 0 saturated carbocycles. The summed E-state index contributed by atoms with van der Waals surface area (Å²) in [5, 5.41) is 0.371. The molecule has 0 radical (unpaired) electrons. The Bertz CT molecular complexity index is 243. The first kappa shape index (κ1) is 10.7. The van der Waals surface area contributed by atoms with Crippen LogP contribution in [0.25, 0.3) is 0 Å². The van der Waals surface area contributed by atoms with Crippen LogP contribution in [0.2, 0.25) is 0 Å². The highest BCUT2D eigenvalue weighted by Gasteiger charge is 2.05. The van der Waals surface area contributed by atoms with E-state index >= 15 is 0 Å². The number of sulfone groups is 1. The van der Waals surface area contributed by atoms with Gasteiger partial charge in [0.15, 0.2) is 9.84 Å². The monoisotopic (exact) mass is 196 g/mol. The lowest BCUT2D eigenvalue weighted by atomic mass is 10.4. The molecule has 0 unspecified atom stereocenters. The molecule has 0 heterocycles. The van der Waals surface area contributed by atoms with Crippen LogP contribution in [-0.4, -0.2) is 19.4 Å². The average molecular weight is 197 g/mol. The zero-order chi connectivity index (χ0) is 8.91. The Hall–Kier alpha value is -0.350. The van der Waals surface area contributed by atoms with Gasteiger partial charge in [0.2, 0.25) is 5.24 Å². The van der Waals surface area contributed by atoms with Crippen LogP contribution in [0, 0.1) is 0 Å². The summed E-state index contributed by atoms with van der Waals surface area (Å²) in [5.41, 5.74) is 0. The highest BCUT2D eigenvalue weighted by atomic mass is 35.5. The predicted octanol–water partition coefficient (Wildman–Crippen LogP) is 1.09. The fourth-order valence-corrected chi connectivity index (χ4v) is 1.34. The first-order valence-electron chi connectivity index (χ1n) is 3.01. The maximum atomic E-state index is 10.7. The van der Waals surface area contributed by atoms with E-state index in [1.807, 2.05) is 0 Å². The van der Waals surface area contributed by atoms with Crippen LogP contribution in [0.15, 0.2) is 12.0 Å². The van der Waals surface area contributed by atoms with Crippen LogP contribution >= 0.6 is 11.6 Å². The third-order valence-electron chi connectivity index (χ3n) is 1.06. The lowest BCUT2D eigenvalue weighted by Gasteiger charge is -1.94. The van der Waals surface area contributed by atoms with Crippen molar-refractivity contribution in [3.8, 4) is 0 Å². The SMILES string of the molecule is C=CS(=O)(=O)CCCC(=O)Cl. The van der Waals surface area contributed by atoms with E-state index in [4.69, 9.17) is 11.6 Å². The summed E-state index contributed by atoms with van der Waals surface area (Å²) in [6, 6.07) is 0. The molecule has 0 atom stereocenters. The smallest absolute Gasteiger partial charge is 0.221 e. The van der Waals surface area contributed by atoms with Crippen molar-refractivity contribution in [1.82, 2.24) is 0 Å². The van der Waals surface area contributed by atoms with Gasteiger partial charge in [0.25, 0.3) is 0 Å². The lowest BCUT2D eigenvalue weighted by molar-refractivity contribution is -0.111. The number of carbonyl (C=O) groups excluding carboxylic acids is 1. The molecule has 0 spiro atoms. The minimum absolute atomic E-state index is 0.0606. The molecular weight excluding hydrogens is 188 g/mol. The normalized spacial score (nSPS) is 11.0. The van der Waals surface area contributed by atoms with Gasteiger partial charge in [-0.15, -0.1) is 0 Å². The molecule has 0 bridgehead atoms. The first-order chi connectivity index (χ1) is 4.98. The van der Waals surface area contributed by atoms with Gasteiger partial charge in [-0.25, -0.2) is 8.42 Å². The zero-order valence-electron chi connectivity index (χ0n) is 5.92. The molecule has 5 heteroatoms. The largest absolute Gasteiger partial charge is 0.281 e. The Kier molecular flexibility index (Phi) is 4.37. The Balaban J connectivity index is 3.72. The van der Waals surface area contributed by atoms with E-state index in [9.17, 15) is 13.2 Å². The topological polar surface area (TPSA) is 51.2 Å². The molecule has 0 amide bonds. The van der Waals surface area contributed by atoms with Crippen LogP contribution in [0.1, 0.15) is 12.8 Å². The van der Waals surface area contributed by atoms with Crippen molar-refractivity contribution < 1.29 is 13.2 Å². The molecule has 0 saturated heterocycles. The molecule has 0 aromatic rings. The van der Waals surface area contributed by atoms with Crippen LogP contribution in [0.4, 0.5) is 0 Å². The van der Waals surface area contributed by atoms with Crippen molar-refractivity contribution in [3.05, 3.63) is 12.0 Å². The van der Waals surface area contributed by atoms with Crippen molar-refractivity contribution >= 4 is 26.7 Å². The average Bonchev–Trinajstić information content (AvgIpc) is 1.87. The van der Waals surface area contributed by atoms with Gasteiger partial charge in [-0.05, 0) is 18.0 Å². The second-order valence-electron chi connectivity index (χ2n) is 1.99. The van der Waals surface area contributed by atoms with Gasteiger partial charge >= 0.3 is 0 Å². The van der Waals surface area contributed by atoms with E-state index in [0.717, 1.165) is 5.41 Å². The standard InChI is InChI=1S/C6H9ClO3S/c1-2-11(9,10)5-3-4-6(7)8/h2H,1,3-5H2. The van der Waals surface area contributed by atoms with Crippen LogP contribution in [0.3, 0.4) is 0 Å². The molecular formula is C6H9ClO3S. The van der Waals surface area contributed by atoms with Gasteiger partial charge in [-0.1, -0.05) is 6.58 Å². The summed E-state index contributed by atoms with van der Waals surface area (Å²) in [6.07, 6.45) is 0.352. The number of halogens is 1. The summed E-state index contributed by atoms with van der Waals surface area (Å²) < 4.78 is 21.4. The van der Waals surface area contributed by atoms with Crippen molar-refractivity contribution in [1.29, 1.82) is 0 Å². The fourth-order valence-electron chi connectivity index (χ4n) is 0.496. The van der Waals surface area contributed by atoms with Gasteiger partial charge in [-0.2, -0.15) is 0 Å². The zero-order valence-corrected chi connectivity index (χ0v) is 7.49. The summed E-state index contributed by atoms with van der Waals surface area (Å²) in [4.78, 5) is 10.2. The summed E-state index contributed by atoms with van der Waals surface area (Å²) in [5.74, 6) is -0.0606. The molecule has 0 rings (SSSR count). The van der Waals surface area contributed by atoms with Gasteiger partial charge in [0.1, 0.15) is 0 Å². The van der Waals surface area contributed by atoms with Gasteiger partial charge in [0.05, 0.1) is 5.75 Å². The Labute approximate surface area is 71.0 Å². The van der Waals surface area contributed by atoms with Crippen LogP contribution in [0.5, 0.6) is 0 Å². The second kappa shape index (κ2) is 4.51. The third-order valence-corrected chi connectivity index (χ3v) is 2.61. The molecule has 64 valence electrons. The molecule has 0 N–H and O–H groups in total. The minimum Gasteiger partial charge on any atom is -0.281 e. The summed E-state index contributed by atoms with van der Waals surface area (Å²) in [7, 11) is -3.16. The quantitative estimate of drug-likeness (QED) is 0.619. The molecule has 3 nitrogen and oxygen atoms in total. The molecule has 0 fully saturated rings. The number of carbonyl (C=O) groups is 1. The highest BCUT2D eigenvalue weighted by molar-refractivity contribution is 7.94. The highest BCUT2D eigenvalue weighted by Crippen LogP contribution is 2.00. The van der Waals surface area contributed by atoms with Crippen LogP contribution < -0.4 is 0 Å². The van der Waals surface area contributed by atoms with Crippen molar-refractivity contribution in [2.75, 3.05) is 5.75 Å². The number of rotatable bonds is 5. The van der Waals surface area contributed by atoms with E-state index in [1.165, 1.54) is 0 Å². The van der Waals surface area contributed by atoms with E-state index in [2.05, 4.69) is 6.58 Å². The van der Waals surface area contributed by atoms with E-state index in [0.29, 0.717) is 0 Å². The fraction of sp³-hybridized carbons (Fsp3) is 0.500. The molecule has 11 heavy (non-hydrogen) atoms. The minimum atomic E-state index is -3.16. The number of hydrogen-bond acceptors (Lipinski definition) is 3. The van der Waals surface area contributed by atoms with E-state index < -0.39 is 15.1 Å². The van der Waals surface area contributed by atoms with E-state index in [1.54, 1.807) is 0 Å². The van der Waals surface area contributed by atoms with Gasteiger partial charge in [-0.3, -0.25) is 4.79 Å². The lowest BCUT2D eigenvalue weighted by Crippen LogP contribution is -2.02. The van der Waals surface area contributed by atoms with Gasteiger partial charge < -0.3 is 0 Å². The van der Waals surface area contributed by atoms with Crippen molar-refractivity contribution in [2.24, 2.45) is 0 Å². The number of hydrogen-bond donors (Lipinski definition) is 0. The predicted molar refractivity (Wildman–Crippen MR) is 44.1 cm³/mol. The molecule has 0 aliphatic heterocycles. The van der Waals surface area contributed by atoms with Crippen molar-refractivity contribution in [3.63, 3.8) is 0 Å². The third kappa shape index (κ3) is 6.06. The summed E-state index contributed by atoms with van der Waals surface area (Å²) in [6.45, 7) is 3.12. The van der Waals surface area contributed by atoms with Crippen molar-refractivity contribution in [2.45, 2.75) is 12.8 Å². The summed E-state index contributed by atoms with van der Waals surface area (Å²) >= 11 is 4.99. The molecule has 0 aliphatic rings. The molecule has 0 aromatic heterocycles. The second-order valence-corrected chi connectivity index (χ2v) is 4.48. The maximum Gasteiger partial charge on any atom is 0.221 e. The Morgan fingerprint density at radius 2 is 2.09 bits per heavy atom. The van der Waals surface area contributed by atoms with Crippen LogP contribution in [-0.2, 0) is 14.6 Å². The Morgan fingerprint density at radius 3 is 2.45 bits per heavy atom. The van der Waals surface area contributed by atoms with Gasteiger partial charge in [0, 0.05) is 11.8 Å².